The molecular weight excluding hydrogens is 511 g/mol. The second-order valence-corrected chi connectivity index (χ2v) is 9.74. The maximum atomic E-state index is 12.5. The molecule has 1 saturated heterocycles. The molecule has 1 unspecified atom stereocenters. The zero-order valence-corrected chi connectivity index (χ0v) is 20.2. The minimum absolute atomic E-state index is 0.0912. The molecule has 166 valence electrons. The standard InChI is InChI=1S/C22H27IN4O4/c1-22(2,3)31-21(28)27-14-18(23)17-10-15(11-24-20(17)27)16-12-25-26(13-16)7-9-30-19-6-4-5-8-29-19/h10-14,19H,4-9H2,1-3H3. The molecule has 0 radical (unpaired) electrons. The van der Waals surface area contributed by atoms with E-state index in [1.165, 1.54) is 4.57 Å². The molecule has 1 aliphatic heterocycles. The molecule has 0 aliphatic carbocycles. The lowest BCUT2D eigenvalue weighted by Gasteiger charge is -2.22. The molecule has 0 aromatic carbocycles. The number of nitrogens with zero attached hydrogens (tertiary/aromatic N) is 4. The van der Waals surface area contributed by atoms with Crippen LogP contribution in [0.4, 0.5) is 4.79 Å². The molecule has 4 rings (SSSR count). The molecule has 4 heterocycles. The van der Waals surface area contributed by atoms with E-state index in [2.05, 4.69) is 32.7 Å². The molecule has 3 aromatic rings. The van der Waals surface area contributed by atoms with E-state index in [1.54, 1.807) is 12.4 Å². The van der Waals surface area contributed by atoms with E-state index < -0.39 is 11.7 Å². The fraction of sp³-hybridized carbons (Fsp3) is 0.500. The van der Waals surface area contributed by atoms with Gasteiger partial charge < -0.3 is 14.2 Å². The van der Waals surface area contributed by atoms with Crippen LogP contribution in [0.25, 0.3) is 22.2 Å². The molecule has 0 amide bonds. The Kier molecular flexibility index (Phi) is 6.63. The molecule has 1 aliphatic rings. The molecule has 3 aromatic heterocycles. The highest BCUT2D eigenvalue weighted by Crippen LogP contribution is 2.27. The predicted molar refractivity (Wildman–Crippen MR) is 125 cm³/mol. The first kappa shape index (κ1) is 22.2. The Bertz CT molecular complexity index is 1060. The van der Waals surface area contributed by atoms with Gasteiger partial charge in [-0.1, -0.05) is 0 Å². The fourth-order valence-corrected chi connectivity index (χ4v) is 4.11. The van der Waals surface area contributed by atoms with Crippen molar-refractivity contribution >= 4 is 39.7 Å². The minimum atomic E-state index is -0.569. The van der Waals surface area contributed by atoms with E-state index in [0.29, 0.717) is 18.8 Å². The van der Waals surface area contributed by atoms with Crippen molar-refractivity contribution in [3.05, 3.63) is 34.4 Å². The largest absolute Gasteiger partial charge is 0.443 e. The number of aromatic nitrogens is 4. The number of fused-ring (bicyclic) bond motifs is 1. The van der Waals surface area contributed by atoms with E-state index in [9.17, 15) is 4.79 Å². The Morgan fingerprint density at radius 3 is 2.84 bits per heavy atom. The summed E-state index contributed by atoms with van der Waals surface area (Å²) in [5.41, 5.74) is 1.91. The summed E-state index contributed by atoms with van der Waals surface area (Å²) < 4.78 is 21.1. The van der Waals surface area contributed by atoms with Gasteiger partial charge in [-0.25, -0.2) is 14.3 Å². The SMILES string of the molecule is CC(C)(C)OC(=O)n1cc(I)c2cc(-c3cnn(CCOC4CCCCO4)c3)cnc21. The summed E-state index contributed by atoms with van der Waals surface area (Å²) in [6.45, 7) is 7.52. The van der Waals surface area contributed by atoms with Gasteiger partial charge in [-0.3, -0.25) is 4.68 Å². The third-order valence-electron chi connectivity index (χ3n) is 4.91. The van der Waals surface area contributed by atoms with Gasteiger partial charge in [0, 0.05) is 45.3 Å². The first-order valence-corrected chi connectivity index (χ1v) is 11.5. The van der Waals surface area contributed by atoms with Gasteiger partial charge in [-0.05, 0) is 68.7 Å². The smallest absolute Gasteiger partial charge is 0.420 e. The van der Waals surface area contributed by atoms with Crippen LogP contribution >= 0.6 is 22.6 Å². The van der Waals surface area contributed by atoms with Crippen molar-refractivity contribution in [3.63, 3.8) is 0 Å². The Labute approximate surface area is 195 Å². The maximum Gasteiger partial charge on any atom is 0.420 e. The Morgan fingerprint density at radius 2 is 2.10 bits per heavy atom. The number of ether oxygens (including phenoxy) is 3. The topological polar surface area (TPSA) is 80.4 Å². The van der Waals surface area contributed by atoms with Crippen LogP contribution in [0.5, 0.6) is 0 Å². The summed E-state index contributed by atoms with van der Waals surface area (Å²) >= 11 is 2.21. The van der Waals surface area contributed by atoms with Crippen LogP contribution in [0.1, 0.15) is 40.0 Å². The summed E-state index contributed by atoms with van der Waals surface area (Å²) in [6.07, 6.45) is 10.0. The highest BCUT2D eigenvalue weighted by Gasteiger charge is 2.21. The van der Waals surface area contributed by atoms with E-state index in [-0.39, 0.29) is 6.29 Å². The van der Waals surface area contributed by atoms with E-state index >= 15 is 0 Å². The number of carbonyl (C=O) groups excluding carboxylic acids is 1. The molecule has 0 bridgehead atoms. The van der Waals surface area contributed by atoms with Gasteiger partial charge in [-0.2, -0.15) is 5.10 Å². The lowest BCUT2D eigenvalue weighted by atomic mass is 10.1. The van der Waals surface area contributed by atoms with Crippen LogP contribution in [0.15, 0.2) is 30.9 Å². The Balaban J connectivity index is 1.46. The Hall–Kier alpha value is -1.98. The van der Waals surface area contributed by atoms with Crippen LogP contribution in [-0.4, -0.2) is 50.5 Å². The van der Waals surface area contributed by atoms with Gasteiger partial charge >= 0.3 is 6.09 Å². The first-order chi connectivity index (χ1) is 14.8. The summed E-state index contributed by atoms with van der Waals surface area (Å²) in [6, 6.07) is 2.03. The number of pyridine rings is 1. The highest BCUT2D eigenvalue weighted by atomic mass is 127. The van der Waals surface area contributed by atoms with Crippen molar-refractivity contribution in [3.8, 4) is 11.1 Å². The quantitative estimate of drug-likeness (QED) is 0.433. The molecule has 8 nitrogen and oxygen atoms in total. The van der Waals surface area contributed by atoms with Crippen LogP contribution in [0.2, 0.25) is 0 Å². The van der Waals surface area contributed by atoms with Crippen molar-refractivity contribution in [1.82, 2.24) is 19.3 Å². The van der Waals surface area contributed by atoms with Gasteiger partial charge in [0.05, 0.1) is 19.3 Å². The lowest BCUT2D eigenvalue weighted by Crippen LogP contribution is -2.26. The maximum absolute atomic E-state index is 12.5. The number of halogens is 1. The van der Waals surface area contributed by atoms with Crippen molar-refractivity contribution < 1.29 is 19.0 Å². The molecule has 0 N–H and O–H groups in total. The summed E-state index contributed by atoms with van der Waals surface area (Å²) in [7, 11) is 0. The number of carbonyl (C=O) groups is 1. The second-order valence-electron chi connectivity index (χ2n) is 8.58. The number of rotatable bonds is 5. The van der Waals surface area contributed by atoms with Crippen molar-refractivity contribution in [2.24, 2.45) is 0 Å². The predicted octanol–water partition coefficient (Wildman–Crippen LogP) is 4.83. The average molecular weight is 538 g/mol. The van der Waals surface area contributed by atoms with E-state index in [4.69, 9.17) is 14.2 Å². The second kappa shape index (κ2) is 9.25. The zero-order valence-electron chi connectivity index (χ0n) is 18.0. The lowest BCUT2D eigenvalue weighted by molar-refractivity contribution is -0.163. The molecule has 1 atom stereocenters. The fourth-order valence-electron chi connectivity index (χ4n) is 3.43. The first-order valence-electron chi connectivity index (χ1n) is 10.5. The van der Waals surface area contributed by atoms with Gasteiger partial charge in [-0.15, -0.1) is 0 Å². The van der Waals surface area contributed by atoms with E-state index in [1.807, 2.05) is 43.9 Å². The highest BCUT2D eigenvalue weighted by molar-refractivity contribution is 14.1. The molecule has 0 saturated carbocycles. The molecule has 31 heavy (non-hydrogen) atoms. The normalized spacial score (nSPS) is 17.2. The molecule has 1 fully saturated rings. The monoisotopic (exact) mass is 538 g/mol. The van der Waals surface area contributed by atoms with Crippen molar-refractivity contribution in [1.29, 1.82) is 0 Å². The molecular formula is C22H27IN4O4. The number of hydrogen-bond donors (Lipinski definition) is 0. The minimum Gasteiger partial charge on any atom is -0.443 e. The van der Waals surface area contributed by atoms with Crippen LogP contribution in [0, 0.1) is 3.57 Å². The summed E-state index contributed by atoms with van der Waals surface area (Å²) in [4.78, 5) is 17.1. The number of hydrogen-bond acceptors (Lipinski definition) is 6. The van der Waals surface area contributed by atoms with Gasteiger partial charge in [0.25, 0.3) is 0 Å². The third kappa shape index (κ3) is 5.45. The van der Waals surface area contributed by atoms with E-state index in [0.717, 1.165) is 46.0 Å². The van der Waals surface area contributed by atoms with Crippen molar-refractivity contribution in [2.75, 3.05) is 13.2 Å². The Morgan fingerprint density at radius 1 is 1.26 bits per heavy atom. The summed E-state index contributed by atoms with van der Waals surface area (Å²) in [5.74, 6) is 0. The molecule has 0 spiro atoms. The summed E-state index contributed by atoms with van der Waals surface area (Å²) in [5, 5.41) is 5.34. The molecule has 9 heteroatoms. The van der Waals surface area contributed by atoms with Crippen LogP contribution in [0.3, 0.4) is 0 Å². The average Bonchev–Trinajstić information content (AvgIpc) is 3.32. The van der Waals surface area contributed by atoms with Gasteiger partial charge in [0.15, 0.2) is 11.9 Å². The van der Waals surface area contributed by atoms with Gasteiger partial charge in [0.2, 0.25) is 0 Å². The van der Waals surface area contributed by atoms with Gasteiger partial charge in [0.1, 0.15) is 5.60 Å². The third-order valence-corrected chi connectivity index (χ3v) is 5.77. The van der Waals surface area contributed by atoms with Crippen molar-refractivity contribution in [2.45, 2.75) is 58.5 Å². The zero-order chi connectivity index (χ0) is 22.0. The van der Waals surface area contributed by atoms with Crippen LogP contribution in [-0.2, 0) is 20.8 Å². The van der Waals surface area contributed by atoms with Crippen LogP contribution < -0.4 is 0 Å².